The Morgan fingerprint density at radius 3 is 2.67 bits per heavy atom. The van der Waals surface area contributed by atoms with Gasteiger partial charge >= 0.3 is 5.97 Å². The van der Waals surface area contributed by atoms with Gasteiger partial charge in [-0.1, -0.05) is 18.6 Å². The molecule has 0 bridgehead atoms. The maximum Gasteiger partial charge on any atom is 0.341 e. The standard InChI is InChI=1S/C20H22N2O3S2/c1-12(23)13-7-6-8-14(11-13)21-20(26)22-18-17(19(24)25-2)15-9-4-3-5-10-16(15)27-18/h6-8,11H,3-5,9-10H2,1-2H3,(H2,21,22,26). The second-order valence-corrected chi connectivity index (χ2v) is 7.99. The van der Waals surface area contributed by atoms with E-state index in [1.54, 1.807) is 29.5 Å². The van der Waals surface area contributed by atoms with E-state index in [2.05, 4.69) is 10.6 Å². The summed E-state index contributed by atoms with van der Waals surface area (Å²) in [5.74, 6) is -0.342. The molecule has 1 aliphatic carbocycles. The van der Waals surface area contributed by atoms with E-state index in [0.29, 0.717) is 21.2 Å². The van der Waals surface area contributed by atoms with Crippen LogP contribution in [0.1, 0.15) is 57.3 Å². The van der Waals surface area contributed by atoms with Gasteiger partial charge in [0.15, 0.2) is 10.9 Å². The zero-order valence-electron chi connectivity index (χ0n) is 15.4. The number of anilines is 2. The van der Waals surface area contributed by atoms with E-state index in [0.717, 1.165) is 36.9 Å². The van der Waals surface area contributed by atoms with Gasteiger partial charge in [0, 0.05) is 16.1 Å². The number of Topliss-reactive ketones (excluding diaryl/α,β-unsaturated/α-hetero) is 1. The van der Waals surface area contributed by atoms with Crippen LogP contribution in [0.3, 0.4) is 0 Å². The SMILES string of the molecule is COC(=O)c1c(NC(=S)Nc2cccc(C(C)=O)c2)sc2c1CCCCC2. The maximum absolute atomic E-state index is 12.4. The molecule has 1 heterocycles. The lowest BCUT2D eigenvalue weighted by Gasteiger charge is -2.12. The van der Waals surface area contributed by atoms with Crippen LogP contribution < -0.4 is 10.6 Å². The fourth-order valence-corrected chi connectivity index (χ4v) is 4.80. The summed E-state index contributed by atoms with van der Waals surface area (Å²) in [4.78, 5) is 25.2. The molecule has 5 nitrogen and oxygen atoms in total. The average molecular weight is 403 g/mol. The summed E-state index contributed by atoms with van der Waals surface area (Å²) >= 11 is 7.00. The minimum atomic E-state index is -0.335. The summed E-state index contributed by atoms with van der Waals surface area (Å²) in [6.45, 7) is 1.52. The molecule has 0 unspecified atom stereocenters. The van der Waals surface area contributed by atoms with Crippen LogP contribution >= 0.6 is 23.6 Å². The number of fused-ring (bicyclic) bond motifs is 1. The number of rotatable bonds is 4. The molecule has 1 aliphatic rings. The van der Waals surface area contributed by atoms with Crippen LogP contribution in [0.2, 0.25) is 0 Å². The smallest absolute Gasteiger partial charge is 0.341 e. The number of aryl methyl sites for hydroxylation is 1. The Balaban J connectivity index is 1.82. The van der Waals surface area contributed by atoms with E-state index in [1.807, 2.05) is 6.07 Å². The molecule has 0 radical (unpaired) electrons. The van der Waals surface area contributed by atoms with Gasteiger partial charge in [-0.3, -0.25) is 4.79 Å². The molecule has 1 aromatic carbocycles. The fraction of sp³-hybridized carbons (Fsp3) is 0.350. The first-order valence-corrected chi connectivity index (χ1v) is 10.1. The highest BCUT2D eigenvalue weighted by atomic mass is 32.1. The van der Waals surface area contributed by atoms with Gasteiger partial charge in [-0.15, -0.1) is 11.3 Å². The highest BCUT2D eigenvalue weighted by Gasteiger charge is 2.25. The molecule has 0 fully saturated rings. The first kappa shape index (κ1) is 19.5. The Morgan fingerprint density at radius 2 is 1.93 bits per heavy atom. The monoisotopic (exact) mass is 402 g/mol. The van der Waals surface area contributed by atoms with Crippen molar-refractivity contribution in [1.82, 2.24) is 0 Å². The van der Waals surface area contributed by atoms with Crippen molar-refractivity contribution < 1.29 is 14.3 Å². The molecule has 142 valence electrons. The van der Waals surface area contributed by atoms with Crippen molar-refractivity contribution in [2.24, 2.45) is 0 Å². The van der Waals surface area contributed by atoms with Crippen molar-refractivity contribution in [2.75, 3.05) is 17.7 Å². The van der Waals surface area contributed by atoms with Gasteiger partial charge in [0.1, 0.15) is 5.00 Å². The maximum atomic E-state index is 12.4. The number of hydrogen-bond acceptors (Lipinski definition) is 5. The van der Waals surface area contributed by atoms with Crippen LogP contribution in [0.5, 0.6) is 0 Å². The lowest BCUT2D eigenvalue weighted by Crippen LogP contribution is -2.20. The molecule has 0 saturated heterocycles. The molecule has 0 atom stereocenters. The minimum Gasteiger partial charge on any atom is -0.465 e. The molecule has 7 heteroatoms. The van der Waals surface area contributed by atoms with Gasteiger partial charge in [-0.2, -0.15) is 0 Å². The lowest BCUT2D eigenvalue weighted by atomic mass is 10.1. The number of ether oxygens (including phenoxy) is 1. The van der Waals surface area contributed by atoms with Gasteiger partial charge in [0.25, 0.3) is 0 Å². The van der Waals surface area contributed by atoms with E-state index < -0.39 is 0 Å². The highest BCUT2D eigenvalue weighted by Crippen LogP contribution is 2.38. The fourth-order valence-electron chi connectivity index (χ4n) is 3.23. The van der Waals surface area contributed by atoms with Crippen LogP contribution in [0.4, 0.5) is 10.7 Å². The van der Waals surface area contributed by atoms with E-state index in [1.165, 1.54) is 25.3 Å². The van der Waals surface area contributed by atoms with E-state index in [4.69, 9.17) is 17.0 Å². The second-order valence-electron chi connectivity index (χ2n) is 6.48. The van der Waals surface area contributed by atoms with Crippen molar-refractivity contribution >= 4 is 51.1 Å². The Kier molecular flexibility index (Phi) is 6.23. The minimum absolute atomic E-state index is 0.00694. The zero-order valence-corrected chi connectivity index (χ0v) is 17.0. The van der Waals surface area contributed by atoms with Crippen LogP contribution in [0.25, 0.3) is 0 Å². The first-order chi connectivity index (χ1) is 13.0. The molecule has 27 heavy (non-hydrogen) atoms. The molecular weight excluding hydrogens is 380 g/mol. The number of thiophene rings is 1. The quantitative estimate of drug-likeness (QED) is 0.331. The summed E-state index contributed by atoms with van der Waals surface area (Å²) in [5, 5.41) is 7.33. The molecule has 0 saturated carbocycles. The third kappa shape index (κ3) is 4.54. The molecule has 0 spiro atoms. The lowest BCUT2D eigenvalue weighted by molar-refractivity contribution is 0.0601. The number of benzene rings is 1. The summed E-state index contributed by atoms with van der Waals surface area (Å²) in [7, 11) is 1.40. The van der Waals surface area contributed by atoms with E-state index in [-0.39, 0.29) is 11.8 Å². The Hall–Kier alpha value is -2.25. The topological polar surface area (TPSA) is 67.4 Å². The van der Waals surface area contributed by atoms with Crippen LogP contribution in [-0.2, 0) is 17.6 Å². The van der Waals surface area contributed by atoms with Crippen LogP contribution in [-0.4, -0.2) is 24.0 Å². The highest BCUT2D eigenvalue weighted by molar-refractivity contribution is 7.80. The molecule has 1 aromatic heterocycles. The third-order valence-electron chi connectivity index (χ3n) is 4.56. The molecule has 0 aliphatic heterocycles. The van der Waals surface area contributed by atoms with Crippen LogP contribution in [0.15, 0.2) is 24.3 Å². The first-order valence-electron chi connectivity index (χ1n) is 8.91. The summed E-state index contributed by atoms with van der Waals surface area (Å²) in [6.07, 6.45) is 5.25. The van der Waals surface area contributed by atoms with Gasteiger partial charge in [0.05, 0.1) is 12.7 Å². The number of carbonyl (C=O) groups is 2. The number of carbonyl (C=O) groups excluding carboxylic acids is 2. The van der Waals surface area contributed by atoms with Crippen molar-refractivity contribution in [3.05, 3.63) is 45.8 Å². The van der Waals surface area contributed by atoms with Crippen LogP contribution in [0, 0.1) is 0 Å². The Morgan fingerprint density at radius 1 is 1.15 bits per heavy atom. The summed E-state index contributed by atoms with van der Waals surface area (Å²) in [5.41, 5.74) is 3.02. The Labute approximate surface area is 168 Å². The number of ketones is 1. The van der Waals surface area contributed by atoms with Gasteiger partial charge in [0.2, 0.25) is 0 Å². The zero-order chi connectivity index (χ0) is 19.4. The number of thiocarbonyl (C=S) groups is 1. The molecule has 0 amide bonds. The third-order valence-corrected chi connectivity index (χ3v) is 5.98. The van der Waals surface area contributed by atoms with Crippen molar-refractivity contribution in [3.8, 4) is 0 Å². The second kappa shape index (κ2) is 8.63. The number of hydrogen-bond donors (Lipinski definition) is 2. The van der Waals surface area contributed by atoms with Gasteiger partial charge in [-0.25, -0.2) is 4.79 Å². The average Bonchev–Trinajstić information content (AvgIpc) is 2.82. The predicted octanol–water partition coefficient (Wildman–Crippen LogP) is 4.82. The number of esters is 1. The predicted molar refractivity (Wildman–Crippen MR) is 113 cm³/mol. The number of nitrogens with one attached hydrogen (secondary N) is 2. The Bertz CT molecular complexity index is 889. The normalized spacial score (nSPS) is 13.3. The van der Waals surface area contributed by atoms with Gasteiger partial charge < -0.3 is 15.4 Å². The largest absolute Gasteiger partial charge is 0.465 e. The van der Waals surface area contributed by atoms with Crippen molar-refractivity contribution in [1.29, 1.82) is 0 Å². The molecular formula is C20H22N2O3S2. The molecule has 3 rings (SSSR count). The molecule has 2 aromatic rings. The van der Waals surface area contributed by atoms with E-state index >= 15 is 0 Å². The van der Waals surface area contributed by atoms with Gasteiger partial charge in [-0.05, 0) is 62.5 Å². The van der Waals surface area contributed by atoms with Crippen molar-refractivity contribution in [2.45, 2.75) is 39.0 Å². The van der Waals surface area contributed by atoms with E-state index in [9.17, 15) is 9.59 Å². The number of methoxy groups -OCH3 is 1. The summed E-state index contributed by atoms with van der Waals surface area (Å²) < 4.78 is 5.01. The van der Waals surface area contributed by atoms with Crippen molar-refractivity contribution in [3.63, 3.8) is 0 Å². The molecule has 2 N–H and O–H groups in total. The summed E-state index contributed by atoms with van der Waals surface area (Å²) in [6, 6.07) is 7.15.